The van der Waals surface area contributed by atoms with E-state index in [0.717, 1.165) is 3.63 Å². The molecule has 0 nitrogen and oxygen atoms in total. The number of benzene rings is 2. The second-order valence-corrected chi connectivity index (χ2v) is 22.8. The summed E-state index contributed by atoms with van der Waals surface area (Å²) < 4.78 is 4.24. The van der Waals surface area contributed by atoms with Gasteiger partial charge < -0.3 is 24.8 Å². The van der Waals surface area contributed by atoms with Crippen molar-refractivity contribution in [1.29, 1.82) is 0 Å². The fourth-order valence-electron chi connectivity index (χ4n) is 6.90. The quantitative estimate of drug-likeness (QED) is 0.582. The largest absolute Gasteiger partial charge is 1.00 e. The summed E-state index contributed by atoms with van der Waals surface area (Å²) >= 11 is -2.94. The van der Waals surface area contributed by atoms with Crippen LogP contribution in [0.1, 0.15) is 68.2 Å². The van der Waals surface area contributed by atoms with E-state index >= 15 is 0 Å². The van der Waals surface area contributed by atoms with Crippen LogP contribution in [0, 0.1) is 0 Å². The monoisotopic (exact) mass is 516 g/mol. The third-order valence-corrected chi connectivity index (χ3v) is 27.0. The summed E-state index contributed by atoms with van der Waals surface area (Å²) in [6.45, 7) is 5.22. The minimum Gasteiger partial charge on any atom is -1.00 e. The molecule has 0 aliphatic heterocycles. The van der Waals surface area contributed by atoms with E-state index in [4.69, 9.17) is 0 Å². The molecular weight excluding hydrogens is 486 g/mol. The summed E-state index contributed by atoms with van der Waals surface area (Å²) in [5.41, 5.74) is 6.14. The SMILES string of the molecule is C[C]1([Zr+2]([CH3])([CH]2CCCCC2)[C]2(C)C=Cc3ccccc32)C=Cc2ccccc21.[Cl-].[Cl-]. The van der Waals surface area contributed by atoms with Gasteiger partial charge in [-0.1, -0.05) is 0 Å². The fourth-order valence-corrected chi connectivity index (χ4v) is 23.5. The van der Waals surface area contributed by atoms with Crippen LogP contribution in [0.5, 0.6) is 0 Å². The zero-order valence-corrected chi connectivity index (χ0v) is 22.3. The molecule has 0 spiro atoms. The van der Waals surface area contributed by atoms with Gasteiger partial charge in [-0.25, -0.2) is 0 Å². The van der Waals surface area contributed by atoms with Gasteiger partial charge in [-0.05, 0) is 0 Å². The summed E-state index contributed by atoms with van der Waals surface area (Å²) in [6.07, 6.45) is 17.3. The molecule has 1 saturated carbocycles. The number of fused-ring (bicyclic) bond motifs is 2. The van der Waals surface area contributed by atoms with Gasteiger partial charge in [0.1, 0.15) is 0 Å². The normalized spacial score (nSPS) is 27.7. The van der Waals surface area contributed by atoms with E-state index in [9.17, 15) is 0 Å². The van der Waals surface area contributed by atoms with Gasteiger partial charge in [-0.2, -0.15) is 0 Å². The van der Waals surface area contributed by atoms with E-state index in [1.807, 2.05) is 0 Å². The van der Waals surface area contributed by atoms with Crippen LogP contribution in [0.3, 0.4) is 0 Å². The molecular formula is C27H32Cl2Zr. The second-order valence-electron chi connectivity index (χ2n) is 9.78. The zero-order valence-electron chi connectivity index (χ0n) is 18.3. The Bertz CT molecular complexity index is 905. The summed E-state index contributed by atoms with van der Waals surface area (Å²) in [4.78, 5) is 0. The van der Waals surface area contributed by atoms with Crippen molar-refractivity contribution < 1.29 is 45.1 Å². The van der Waals surface area contributed by atoms with Crippen LogP contribution in [0.4, 0.5) is 0 Å². The van der Waals surface area contributed by atoms with Crippen LogP contribution in [-0.2, 0) is 26.5 Å². The maximum absolute atomic E-state index is 2.94. The van der Waals surface area contributed by atoms with Crippen LogP contribution < -0.4 is 24.8 Å². The van der Waals surface area contributed by atoms with Gasteiger partial charge in [-0.15, -0.1) is 0 Å². The number of halogens is 2. The maximum atomic E-state index is 2.82. The van der Waals surface area contributed by atoms with E-state index in [1.165, 1.54) is 43.2 Å². The van der Waals surface area contributed by atoms with E-state index in [2.05, 4.69) is 91.3 Å². The Morgan fingerprint density at radius 1 is 0.700 bits per heavy atom. The standard InChI is InChI=1S/2C10H9.C6H11.CH3.2ClH.Zr/c2*1-8-6-7-9-4-2-3-5-10(8)9;1-2-4-6-5-3-1;;;;/h2*2-7H,1H3;1H,2-6H2;1H3;2*1H;/q;;;;;;+2/p-2. The first-order valence-electron chi connectivity index (χ1n) is 11.1. The summed E-state index contributed by atoms with van der Waals surface area (Å²) in [5, 5.41) is 0. The number of rotatable bonds is 3. The number of hydrogen-bond acceptors (Lipinski definition) is 0. The summed E-state index contributed by atoms with van der Waals surface area (Å²) in [5.74, 6) is 0. The summed E-state index contributed by atoms with van der Waals surface area (Å²) in [6, 6.07) is 18.4. The van der Waals surface area contributed by atoms with Crippen LogP contribution in [-0.4, -0.2) is 0 Å². The molecule has 2 aromatic carbocycles. The van der Waals surface area contributed by atoms with Gasteiger partial charge in [-0.3, -0.25) is 0 Å². The van der Waals surface area contributed by atoms with Crippen molar-refractivity contribution in [3.63, 3.8) is 0 Å². The molecule has 0 heterocycles. The van der Waals surface area contributed by atoms with Crippen LogP contribution in [0.2, 0.25) is 8.26 Å². The molecule has 30 heavy (non-hydrogen) atoms. The Labute approximate surface area is 199 Å². The molecule has 0 N–H and O–H groups in total. The molecule has 5 rings (SSSR count). The zero-order chi connectivity index (χ0) is 19.4. The first-order chi connectivity index (χ1) is 13.5. The number of allylic oxidation sites excluding steroid dienone is 2. The molecule has 2 unspecified atom stereocenters. The molecule has 3 heteroatoms. The maximum Gasteiger partial charge on any atom is -1.00 e. The molecule has 0 aromatic heterocycles. The van der Waals surface area contributed by atoms with E-state index in [1.54, 1.807) is 11.1 Å². The minimum atomic E-state index is -2.94. The Morgan fingerprint density at radius 2 is 1.13 bits per heavy atom. The Hall–Kier alpha value is -0.617. The van der Waals surface area contributed by atoms with Crippen molar-refractivity contribution in [1.82, 2.24) is 0 Å². The third-order valence-electron chi connectivity index (χ3n) is 8.81. The smallest absolute Gasteiger partial charge is 1.00 e. The topological polar surface area (TPSA) is 0 Å². The average Bonchev–Trinajstić information content (AvgIpc) is 3.28. The fraction of sp³-hybridized carbons (Fsp3) is 0.407. The van der Waals surface area contributed by atoms with Crippen molar-refractivity contribution in [2.24, 2.45) is 0 Å². The van der Waals surface area contributed by atoms with Crippen molar-refractivity contribution in [2.75, 3.05) is 0 Å². The molecule has 0 bridgehead atoms. The Kier molecular flexibility index (Phi) is 6.99. The van der Waals surface area contributed by atoms with Gasteiger partial charge in [0.25, 0.3) is 0 Å². The molecule has 0 saturated heterocycles. The minimum absolute atomic E-state index is 0. The number of hydrogen-bond donors (Lipinski definition) is 0. The van der Waals surface area contributed by atoms with Crippen LogP contribution >= 0.6 is 0 Å². The van der Waals surface area contributed by atoms with Crippen LogP contribution in [0.25, 0.3) is 12.2 Å². The van der Waals surface area contributed by atoms with E-state index in [-0.39, 0.29) is 31.1 Å². The van der Waals surface area contributed by atoms with Crippen molar-refractivity contribution in [3.05, 3.63) is 82.9 Å². The van der Waals surface area contributed by atoms with Gasteiger partial charge in [0.15, 0.2) is 0 Å². The molecule has 0 radical (unpaired) electrons. The molecule has 1 fully saturated rings. The van der Waals surface area contributed by atoms with Gasteiger partial charge >= 0.3 is 176 Å². The predicted molar refractivity (Wildman–Crippen MR) is 118 cm³/mol. The second kappa shape index (κ2) is 8.73. The van der Waals surface area contributed by atoms with E-state index < -0.39 is 20.3 Å². The molecule has 2 atom stereocenters. The van der Waals surface area contributed by atoms with E-state index in [0.29, 0.717) is 0 Å². The van der Waals surface area contributed by atoms with Gasteiger partial charge in [0.05, 0.1) is 0 Å². The van der Waals surface area contributed by atoms with Gasteiger partial charge in [0.2, 0.25) is 0 Å². The predicted octanol–water partition coefficient (Wildman–Crippen LogP) is 1.83. The van der Waals surface area contributed by atoms with Crippen molar-refractivity contribution in [3.8, 4) is 0 Å². The summed E-state index contributed by atoms with van der Waals surface area (Å²) in [7, 11) is 0. The first kappa shape index (κ1) is 24.0. The molecule has 158 valence electrons. The Balaban J connectivity index is 0.00000128. The molecule has 2 aromatic rings. The molecule has 3 aliphatic rings. The van der Waals surface area contributed by atoms with Crippen LogP contribution in [0.15, 0.2) is 60.7 Å². The molecule has 0 amide bonds. The molecule has 3 aliphatic carbocycles. The average molecular weight is 519 g/mol. The third kappa shape index (κ3) is 3.18. The van der Waals surface area contributed by atoms with Gasteiger partial charge in [0, 0.05) is 0 Å². The van der Waals surface area contributed by atoms with Crippen molar-refractivity contribution in [2.45, 2.75) is 60.5 Å². The first-order valence-corrected chi connectivity index (χ1v) is 17.4. The van der Waals surface area contributed by atoms with Crippen molar-refractivity contribution >= 4 is 12.2 Å². The Morgan fingerprint density at radius 3 is 1.60 bits per heavy atom.